The number of hydrogen-bond donors (Lipinski definition) is 1. The lowest BCUT2D eigenvalue weighted by molar-refractivity contribution is -0.123. The normalized spacial score (nSPS) is 14.3. The van der Waals surface area contributed by atoms with Crippen LogP contribution in [-0.4, -0.2) is 41.7 Å². The summed E-state index contributed by atoms with van der Waals surface area (Å²) in [6.07, 6.45) is 1.63. The second-order valence-electron chi connectivity index (χ2n) is 7.91. The Morgan fingerprint density at radius 1 is 1.00 bits per heavy atom. The van der Waals surface area contributed by atoms with Crippen LogP contribution in [0.25, 0.3) is 6.08 Å². The fourth-order valence-corrected chi connectivity index (χ4v) is 4.37. The molecule has 1 aliphatic heterocycles. The molecule has 36 heavy (non-hydrogen) atoms. The molecule has 4 rings (SSSR count). The Morgan fingerprint density at radius 2 is 1.72 bits per heavy atom. The van der Waals surface area contributed by atoms with E-state index in [0.29, 0.717) is 32.7 Å². The third-order valence-corrected chi connectivity index (χ3v) is 6.26. The summed E-state index contributed by atoms with van der Waals surface area (Å²) >= 11 is 6.73. The summed E-state index contributed by atoms with van der Waals surface area (Å²) in [6, 6.07) is 21.3. The van der Waals surface area contributed by atoms with Crippen LogP contribution < -0.4 is 14.8 Å². The molecule has 9 heteroatoms. The van der Waals surface area contributed by atoms with E-state index in [2.05, 4.69) is 5.32 Å². The van der Waals surface area contributed by atoms with Gasteiger partial charge in [0.1, 0.15) is 18.1 Å². The van der Waals surface area contributed by atoms with Crippen molar-refractivity contribution in [2.24, 2.45) is 0 Å². The molecule has 3 amide bonds. The van der Waals surface area contributed by atoms with Crippen molar-refractivity contribution in [3.8, 4) is 11.5 Å². The first-order chi connectivity index (χ1) is 17.4. The molecule has 0 unspecified atom stereocenters. The number of halogens is 1. The molecule has 0 bridgehead atoms. The van der Waals surface area contributed by atoms with Gasteiger partial charge in [0.2, 0.25) is 0 Å². The first-order valence-corrected chi connectivity index (χ1v) is 12.3. The van der Waals surface area contributed by atoms with E-state index in [1.165, 1.54) is 4.90 Å². The van der Waals surface area contributed by atoms with Crippen LogP contribution in [0.4, 0.5) is 10.5 Å². The lowest BCUT2D eigenvalue weighted by Crippen LogP contribution is -2.32. The van der Waals surface area contributed by atoms with Gasteiger partial charge >= 0.3 is 0 Å². The number of anilines is 1. The molecule has 0 saturated carbocycles. The SMILES string of the molecule is Cc1cccc(OCCN2C(=O)S/C(=C\c3cccc(OCC(=O)Nc4ccc(Cl)cc4)c3)C2=O)c1. The molecular weight excluding hydrogens is 500 g/mol. The Hall–Kier alpha value is -3.75. The van der Waals surface area contributed by atoms with E-state index in [1.807, 2.05) is 31.2 Å². The molecule has 3 aromatic carbocycles. The van der Waals surface area contributed by atoms with Gasteiger partial charge in [-0.25, -0.2) is 0 Å². The van der Waals surface area contributed by atoms with Crippen molar-refractivity contribution < 1.29 is 23.9 Å². The second kappa shape index (κ2) is 11.8. The van der Waals surface area contributed by atoms with Gasteiger partial charge in [-0.15, -0.1) is 0 Å². The number of benzene rings is 3. The third-order valence-electron chi connectivity index (χ3n) is 5.10. The zero-order valence-electron chi connectivity index (χ0n) is 19.4. The Balaban J connectivity index is 1.32. The molecular formula is C27H23ClN2O5S. The molecule has 0 aromatic heterocycles. The first-order valence-electron chi connectivity index (χ1n) is 11.1. The van der Waals surface area contributed by atoms with E-state index in [0.717, 1.165) is 17.3 Å². The van der Waals surface area contributed by atoms with Crippen LogP contribution in [0.5, 0.6) is 11.5 Å². The van der Waals surface area contributed by atoms with Crippen molar-refractivity contribution in [3.05, 3.63) is 93.9 Å². The minimum Gasteiger partial charge on any atom is -0.492 e. The van der Waals surface area contributed by atoms with Crippen LogP contribution in [0.1, 0.15) is 11.1 Å². The van der Waals surface area contributed by atoms with Crippen molar-refractivity contribution >= 4 is 52.2 Å². The van der Waals surface area contributed by atoms with Gasteiger partial charge in [0, 0.05) is 10.7 Å². The zero-order chi connectivity index (χ0) is 25.5. The van der Waals surface area contributed by atoms with E-state index in [4.69, 9.17) is 21.1 Å². The molecule has 0 spiro atoms. The van der Waals surface area contributed by atoms with Crippen LogP contribution in [-0.2, 0) is 9.59 Å². The molecule has 1 aliphatic rings. The van der Waals surface area contributed by atoms with Gasteiger partial charge in [0.15, 0.2) is 6.61 Å². The van der Waals surface area contributed by atoms with Crippen molar-refractivity contribution in [3.63, 3.8) is 0 Å². The predicted octanol–water partition coefficient (Wildman–Crippen LogP) is 5.78. The summed E-state index contributed by atoms with van der Waals surface area (Å²) in [7, 11) is 0. The number of ether oxygens (including phenoxy) is 2. The predicted molar refractivity (Wildman–Crippen MR) is 141 cm³/mol. The summed E-state index contributed by atoms with van der Waals surface area (Å²) in [4.78, 5) is 38.8. The van der Waals surface area contributed by atoms with Crippen LogP contribution >= 0.6 is 23.4 Å². The number of nitrogens with zero attached hydrogens (tertiary/aromatic N) is 1. The number of amides is 3. The monoisotopic (exact) mass is 522 g/mol. The number of rotatable bonds is 9. The highest BCUT2D eigenvalue weighted by Crippen LogP contribution is 2.32. The maximum absolute atomic E-state index is 12.8. The molecule has 0 aliphatic carbocycles. The molecule has 1 saturated heterocycles. The molecule has 3 aromatic rings. The Kier molecular flexibility index (Phi) is 8.30. The van der Waals surface area contributed by atoms with Gasteiger partial charge in [-0.2, -0.15) is 0 Å². The molecule has 7 nitrogen and oxygen atoms in total. The van der Waals surface area contributed by atoms with Crippen molar-refractivity contribution in [2.45, 2.75) is 6.92 Å². The second-order valence-corrected chi connectivity index (χ2v) is 9.34. The van der Waals surface area contributed by atoms with Crippen LogP contribution in [0.2, 0.25) is 5.02 Å². The molecule has 1 heterocycles. The summed E-state index contributed by atoms with van der Waals surface area (Å²) in [5, 5.41) is 2.96. The van der Waals surface area contributed by atoms with Crippen LogP contribution in [0.15, 0.2) is 77.7 Å². The van der Waals surface area contributed by atoms with Gasteiger partial charge < -0.3 is 14.8 Å². The average molecular weight is 523 g/mol. The molecule has 0 atom stereocenters. The highest BCUT2D eigenvalue weighted by Gasteiger charge is 2.34. The van der Waals surface area contributed by atoms with E-state index in [-0.39, 0.29) is 36.8 Å². The van der Waals surface area contributed by atoms with Crippen molar-refractivity contribution in [1.82, 2.24) is 4.90 Å². The number of imide groups is 1. The Bertz CT molecular complexity index is 1310. The minimum atomic E-state index is -0.369. The molecule has 184 valence electrons. The first kappa shape index (κ1) is 25.3. The third kappa shape index (κ3) is 6.90. The summed E-state index contributed by atoms with van der Waals surface area (Å²) < 4.78 is 11.3. The number of thioether (sulfide) groups is 1. The maximum Gasteiger partial charge on any atom is 0.293 e. The zero-order valence-corrected chi connectivity index (χ0v) is 21.0. The lowest BCUT2D eigenvalue weighted by atomic mass is 10.2. The topological polar surface area (TPSA) is 84.9 Å². The summed E-state index contributed by atoms with van der Waals surface area (Å²) in [5.74, 6) is 0.459. The number of aryl methyl sites for hydroxylation is 1. The standard InChI is InChI=1S/C27H23ClN2O5S/c1-18-4-2-6-22(14-18)34-13-12-30-26(32)24(36-27(30)33)16-19-5-3-7-23(15-19)35-17-25(31)29-21-10-8-20(28)9-11-21/h2-11,14-16H,12-13,17H2,1H3,(H,29,31)/b24-16-. The Morgan fingerprint density at radius 3 is 2.47 bits per heavy atom. The van der Waals surface area contributed by atoms with E-state index in [1.54, 1.807) is 54.6 Å². The Labute approximate surface area is 218 Å². The average Bonchev–Trinajstić information content (AvgIpc) is 3.12. The molecule has 1 N–H and O–H groups in total. The highest BCUT2D eigenvalue weighted by atomic mass is 35.5. The molecule has 0 radical (unpaired) electrons. The van der Waals surface area contributed by atoms with Gasteiger partial charge in [-0.1, -0.05) is 35.9 Å². The number of nitrogens with one attached hydrogen (secondary N) is 1. The fourth-order valence-electron chi connectivity index (χ4n) is 3.38. The van der Waals surface area contributed by atoms with E-state index < -0.39 is 0 Å². The number of carbonyl (C=O) groups is 3. The van der Waals surface area contributed by atoms with Crippen LogP contribution in [0.3, 0.4) is 0 Å². The number of carbonyl (C=O) groups excluding carboxylic acids is 3. The maximum atomic E-state index is 12.8. The highest BCUT2D eigenvalue weighted by molar-refractivity contribution is 8.18. The number of hydrogen-bond acceptors (Lipinski definition) is 6. The van der Waals surface area contributed by atoms with Gasteiger partial charge in [-0.05, 0) is 84.4 Å². The van der Waals surface area contributed by atoms with E-state index >= 15 is 0 Å². The van der Waals surface area contributed by atoms with Gasteiger partial charge in [0.25, 0.3) is 17.1 Å². The van der Waals surface area contributed by atoms with Gasteiger partial charge in [0.05, 0.1) is 11.4 Å². The summed E-state index contributed by atoms with van der Waals surface area (Å²) in [6.45, 7) is 2.13. The van der Waals surface area contributed by atoms with Gasteiger partial charge in [-0.3, -0.25) is 19.3 Å². The quantitative estimate of drug-likeness (QED) is 0.358. The summed E-state index contributed by atoms with van der Waals surface area (Å²) in [5.41, 5.74) is 2.35. The van der Waals surface area contributed by atoms with Crippen LogP contribution in [0, 0.1) is 6.92 Å². The van der Waals surface area contributed by atoms with Crippen molar-refractivity contribution in [2.75, 3.05) is 25.1 Å². The lowest BCUT2D eigenvalue weighted by Gasteiger charge is -2.13. The largest absolute Gasteiger partial charge is 0.492 e. The smallest absolute Gasteiger partial charge is 0.293 e. The fraction of sp³-hybridized carbons (Fsp3) is 0.148. The van der Waals surface area contributed by atoms with Crippen molar-refractivity contribution in [1.29, 1.82) is 0 Å². The minimum absolute atomic E-state index is 0.155. The molecule has 1 fully saturated rings. The van der Waals surface area contributed by atoms with E-state index in [9.17, 15) is 14.4 Å².